The molecule has 0 unspecified atom stereocenters. The van der Waals surface area contributed by atoms with Crippen LogP contribution >= 0.6 is 11.3 Å². The van der Waals surface area contributed by atoms with Gasteiger partial charge in [0.15, 0.2) is 18.1 Å². The summed E-state index contributed by atoms with van der Waals surface area (Å²) >= 11 is 1.62. The molecule has 8 nitrogen and oxygen atoms in total. The van der Waals surface area contributed by atoms with E-state index in [2.05, 4.69) is 15.4 Å². The largest absolute Gasteiger partial charge is 0.490 e. The molecule has 1 aliphatic rings. The number of ether oxygens (including phenoxy) is 2. The second-order valence-corrected chi connectivity index (χ2v) is 9.96. The highest BCUT2D eigenvalue weighted by atomic mass is 32.1. The van der Waals surface area contributed by atoms with E-state index in [-0.39, 0.29) is 18.1 Å². The highest BCUT2D eigenvalue weighted by Crippen LogP contribution is 2.33. The van der Waals surface area contributed by atoms with Crippen LogP contribution in [0.15, 0.2) is 58.7 Å². The molecular weight excluding hydrogens is 488 g/mol. The standard InChI is InChI=1S/C28H28N4O4S/c1-3-35-23-14-19(10-13-22(23)36-16-25(33)31-20-11-8-18(2)9-12-20)15-30-32-17-29-27-26(28(32)34)21-6-4-5-7-24(21)37-27/h8-15,17H,3-7,16H2,1-2H3,(H,31,33)/b30-15-. The van der Waals surface area contributed by atoms with Gasteiger partial charge in [-0.15, -0.1) is 11.3 Å². The first-order valence-electron chi connectivity index (χ1n) is 12.3. The van der Waals surface area contributed by atoms with Crippen LogP contribution in [0.3, 0.4) is 0 Å². The first kappa shape index (κ1) is 24.7. The second kappa shape index (κ2) is 11.0. The Bertz CT molecular complexity index is 1520. The summed E-state index contributed by atoms with van der Waals surface area (Å²) in [6.07, 6.45) is 7.24. The number of rotatable bonds is 8. The number of nitrogens with zero attached hydrogens (tertiary/aromatic N) is 3. The van der Waals surface area contributed by atoms with E-state index >= 15 is 0 Å². The number of fused-ring (bicyclic) bond motifs is 3. The van der Waals surface area contributed by atoms with Crippen LogP contribution in [0.4, 0.5) is 5.69 Å². The van der Waals surface area contributed by atoms with Crippen LogP contribution in [-0.4, -0.2) is 35.0 Å². The topological polar surface area (TPSA) is 94.8 Å². The fourth-order valence-electron chi connectivity index (χ4n) is 4.32. The van der Waals surface area contributed by atoms with Gasteiger partial charge in [0, 0.05) is 10.6 Å². The van der Waals surface area contributed by atoms with Gasteiger partial charge in [0.25, 0.3) is 11.5 Å². The molecule has 2 aromatic heterocycles. The monoisotopic (exact) mass is 516 g/mol. The highest BCUT2D eigenvalue weighted by molar-refractivity contribution is 7.18. The van der Waals surface area contributed by atoms with Gasteiger partial charge in [0.2, 0.25) is 0 Å². The number of carbonyl (C=O) groups is 1. The van der Waals surface area contributed by atoms with Crippen LogP contribution in [-0.2, 0) is 17.6 Å². The van der Waals surface area contributed by atoms with Crippen molar-refractivity contribution >= 4 is 39.4 Å². The molecule has 5 rings (SSSR count). The van der Waals surface area contributed by atoms with E-state index < -0.39 is 0 Å². The molecule has 190 valence electrons. The predicted molar refractivity (Wildman–Crippen MR) is 146 cm³/mol. The number of benzene rings is 2. The summed E-state index contributed by atoms with van der Waals surface area (Å²) < 4.78 is 12.7. The summed E-state index contributed by atoms with van der Waals surface area (Å²) in [6.45, 7) is 4.13. The van der Waals surface area contributed by atoms with Gasteiger partial charge < -0.3 is 14.8 Å². The second-order valence-electron chi connectivity index (χ2n) is 8.87. The molecule has 2 aromatic carbocycles. The van der Waals surface area contributed by atoms with Crippen molar-refractivity contribution in [3.63, 3.8) is 0 Å². The molecule has 0 bridgehead atoms. The van der Waals surface area contributed by atoms with Gasteiger partial charge in [-0.25, -0.2) is 4.98 Å². The van der Waals surface area contributed by atoms with Crippen molar-refractivity contribution < 1.29 is 14.3 Å². The number of carbonyl (C=O) groups excluding carboxylic acids is 1. The lowest BCUT2D eigenvalue weighted by atomic mass is 9.97. The fourth-order valence-corrected chi connectivity index (χ4v) is 5.54. The molecule has 37 heavy (non-hydrogen) atoms. The average molecular weight is 517 g/mol. The maximum Gasteiger partial charge on any atom is 0.282 e. The van der Waals surface area contributed by atoms with Crippen LogP contribution in [0, 0.1) is 6.92 Å². The molecule has 0 atom stereocenters. The normalized spacial score (nSPS) is 13.0. The number of hydrogen-bond donors (Lipinski definition) is 1. The molecule has 0 radical (unpaired) electrons. The zero-order chi connectivity index (χ0) is 25.8. The Hall–Kier alpha value is -3.98. The molecule has 0 fully saturated rings. The minimum Gasteiger partial charge on any atom is -0.490 e. The maximum absolute atomic E-state index is 13.1. The SMILES string of the molecule is CCOc1cc(/C=N\n2cnc3sc4c(c3c2=O)CCCC4)ccc1OCC(=O)Nc1ccc(C)cc1. The Labute approximate surface area is 218 Å². The summed E-state index contributed by atoms with van der Waals surface area (Å²) in [5.41, 5.74) is 3.54. The molecular formula is C28H28N4O4S. The number of anilines is 1. The Kier molecular flexibility index (Phi) is 7.32. The molecule has 2 heterocycles. The molecule has 0 spiro atoms. The first-order valence-corrected chi connectivity index (χ1v) is 13.2. The molecule has 0 saturated carbocycles. The molecule has 0 saturated heterocycles. The Balaban J connectivity index is 1.31. The van der Waals surface area contributed by atoms with E-state index in [1.54, 1.807) is 35.8 Å². The number of hydrogen-bond acceptors (Lipinski definition) is 7. The molecule has 4 aromatic rings. The van der Waals surface area contributed by atoms with Crippen LogP contribution in [0.2, 0.25) is 0 Å². The van der Waals surface area contributed by atoms with Crippen LogP contribution in [0.25, 0.3) is 10.2 Å². The van der Waals surface area contributed by atoms with Gasteiger partial charge in [0.05, 0.1) is 18.2 Å². The quantitative estimate of drug-likeness (QED) is 0.335. The maximum atomic E-state index is 13.1. The van der Waals surface area contributed by atoms with Gasteiger partial charge in [-0.3, -0.25) is 9.59 Å². The van der Waals surface area contributed by atoms with Gasteiger partial charge in [-0.2, -0.15) is 9.78 Å². The van der Waals surface area contributed by atoms with Gasteiger partial charge in [-0.1, -0.05) is 17.7 Å². The van der Waals surface area contributed by atoms with E-state index in [0.29, 0.717) is 29.2 Å². The van der Waals surface area contributed by atoms with E-state index in [1.807, 2.05) is 38.1 Å². The summed E-state index contributed by atoms with van der Waals surface area (Å²) in [7, 11) is 0. The average Bonchev–Trinajstić information content (AvgIpc) is 3.29. The number of thiophene rings is 1. The summed E-state index contributed by atoms with van der Waals surface area (Å²) in [5.74, 6) is 0.667. The van der Waals surface area contributed by atoms with Crippen LogP contribution < -0.4 is 20.3 Å². The number of aromatic nitrogens is 2. The van der Waals surface area contributed by atoms with E-state index in [9.17, 15) is 9.59 Å². The van der Waals surface area contributed by atoms with Gasteiger partial charge >= 0.3 is 0 Å². The minimum atomic E-state index is -0.269. The van der Waals surface area contributed by atoms with Crippen LogP contribution in [0.5, 0.6) is 11.5 Å². The first-order chi connectivity index (χ1) is 18.0. The van der Waals surface area contributed by atoms with E-state index in [0.717, 1.165) is 47.2 Å². The summed E-state index contributed by atoms with van der Waals surface area (Å²) in [6, 6.07) is 12.8. The fraction of sp³-hybridized carbons (Fsp3) is 0.286. The Morgan fingerprint density at radius 3 is 2.76 bits per heavy atom. The lowest BCUT2D eigenvalue weighted by Crippen LogP contribution is -2.20. The van der Waals surface area contributed by atoms with Gasteiger partial charge in [-0.05, 0) is 81.0 Å². The van der Waals surface area contributed by atoms with Crippen LogP contribution in [0.1, 0.15) is 41.3 Å². The van der Waals surface area contributed by atoms with Crippen molar-refractivity contribution in [1.29, 1.82) is 0 Å². The number of nitrogens with one attached hydrogen (secondary N) is 1. The van der Waals surface area contributed by atoms with E-state index in [1.165, 1.54) is 15.9 Å². The van der Waals surface area contributed by atoms with Crippen molar-refractivity contribution in [2.75, 3.05) is 18.5 Å². The Morgan fingerprint density at radius 1 is 1.14 bits per heavy atom. The lowest BCUT2D eigenvalue weighted by molar-refractivity contribution is -0.118. The van der Waals surface area contributed by atoms with Crippen molar-refractivity contribution in [2.24, 2.45) is 5.10 Å². The number of amides is 1. The summed E-state index contributed by atoms with van der Waals surface area (Å²) in [4.78, 5) is 32.0. The third kappa shape index (κ3) is 5.56. The lowest BCUT2D eigenvalue weighted by Gasteiger charge is -2.13. The Morgan fingerprint density at radius 2 is 1.95 bits per heavy atom. The minimum absolute atomic E-state index is 0.148. The zero-order valence-electron chi connectivity index (χ0n) is 20.8. The smallest absolute Gasteiger partial charge is 0.282 e. The van der Waals surface area contributed by atoms with E-state index in [4.69, 9.17) is 9.47 Å². The highest BCUT2D eigenvalue weighted by Gasteiger charge is 2.20. The predicted octanol–water partition coefficient (Wildman–Crippen LogP) is 4.94. The third-order valence-corrected chi connectivity index (χ3v) is 7.35. The van der Waals surface area contributed by atoms with Crippen molar-refractivity contribution in [1.82, 2.24) is 9.66 Å². The van der Waals surface area contributed by atoms with Gasteiger partial charge in [0.1, 0.15) is 11.2 Å². The third-order valence-electron chi connectivity index (χ3n) is 6.15. The number of aryl methyl sites for hydroxylation is 3. The zero-order valence-corrected chi connectivity index (χ0v) is 21.6. The molecule has 0 aliphatic heterocycles. The molecule has 1 aliphatic carbocycles. The molecule has 9 heteroatoms. The molecule has 1 amide bonds. The molecule has 1 N–H and O–H groups in total. The summed E-state index contributed by atoms with van der Waals surface area (Å²) in [5, 5.41) is 7.88. The van der Waals surface area contributed by atoms with Crippen molar-refractivity contribution in [3.8, 4) is 11.5 Å². The van der Waals surface area contributed by atoms with Crippen molar-refractivity contribution in [2.45, 2.75) is 39.5 Å². The van der Waals surface area contributed by atoms with Crippen molar-refractivity contribution in [3.05, 3.63) is 80.7 Å².